The maximum atomic E-state index is 13.1. The quantitative estimate of drug-likeness (QED) is 0.707. The number of hydrogen-bond acceptors (Lipinski definition) is 2. The van der Waals surface area contributed by atoms with Crippen LogP contribution in [0.3, 0.4) is 0 Å². The van der Waals surface area contributed by atoms with Gasteiger partial charge < -0.3 is 0 Å². The third-order valence-electron chi connectivity index (χ3n) is 1.66. The lowest BCUT2D eigenvalue weighted by atomic mass is 10.1. The second kappa shape index (κ2) is 4.00. The Labute approximate surface area is 85.1 Å². The summed E-state index contributed by atoms with van der Waals surface area (Å²) < 4.78 is 74.0. The molecule has 0 bridgehead atoms. The van der Waals surface area contributed by atoms with Gasteiger partial charge in [-0.05, 0) is 0 Å². The molecule has 0 aliphatic rings. The molecule has 1 rings (SSSR count). The predicted molar refractivity (Wildman–Crippen MR) is 38.9 cm³/mol. The van der Waals surface area contributed by atoms with Crippen LogP contribution >= 0.6 is 0 Å². The molecule has 0 N–H and O–H groups in total. The molecule has 0 saturated carbocycles. The van der Waals surface area contributed by atoms with Crippen molar-refractivity contribution in [3.8, 4) is 6.07 Å². The first-order valence-electron chi connectivity index (χ1n) is 3.73. The van der Waals surface area contributed by atoms with E-state index in [1.165, 1.54) is 0 Å². The Kier molecular flexibility index (Phi) is 3.07. The van der Waals surface area contributed by atoms with Crippen LogP contribution in [-0.4, -0.2) is 4.98 Å². The number of halogens is 6. The van der Waals surface area contributed by atoms with Crippen LogP contribution in [-0.2, 0) is 6.18 Å². The van der Waals surface area contributed by atoms with Gasteiger partial charge in [0.2, 0.25) is 0 Å². The zero-order valence-corrected chi connectivity index (χ0v) is 7.32. The van der Waals surface area contributed by atoms with Gasteiger partial charge in [0.1, 0.15) is 17.3 Å². The van der Waals surface area contributed by atoms with E-state index >= 15 is 0 Å². The molecule has 0 aliphatic heterocycles. The van der Waals surface area contributed by atoms with Crippen molar-refractivity contribution in [3.63, 3.8) is 0 Å². The van der Waals surface area contributed by atoms with E-state index < -0.39 is 35.2 Å². The number of nitrogens with zero attached hydrogens (tertiary/aromatic N) is 2. The van der Waals surface area contributed by atoms with Crippen molar-refractivity contribution < 1.29 is 26.3 Å². The predicted octanol–water partition coefficient (Wildman–Crippen LogP) is 3.05. The fourth-order valence-electron chi connectivity index (χ4n) is 1.02. The maximum Gasteiger partial charge on any atom is 0.420 e. The smallest absolute Gasteiger partial charge is 0.251 e. The van der Waals surface area contributed by atoms with Crippen LogP contribution in [0.15, 0.2) is 6.20 Å². The number of pyridine rings is 1. The molecule has 0 spiro atoms. The van der Waals surface area contributed by atoms with Gasteiger partial charge in [-0.25, -0.2) is 13.2 Å². The molecular formula is C8H2F6N2. The summed E-state index contributed by atoms with van der Waals surface area (Å²) in [7, 11) is 0. The third kappa shape index (κ3) is 2.08. The molecule has 1 aromatic rings. The van der Waals surface area contributed by atoms with Gasteiger partial charge in [-0.15, -0.1) is 0 Å². The first kappa shape index (κ1) is 12.3. The molecule has 0 atom stereocenters. The van der Waals surface area contributed by atoms with E-state index in [4.69, 9.17) is 5.26 Å². The van der Waals surface area contributed by atoms with E-state index in [0.29, 0.717) is 0 Å². The van der Waals surface area contributed by atoms with Gasteiger partial charge in [0, 0.05) is 6.20 Å². The van der Waals surface area contributed by atoms with Crippen molar-refractivity contribution in [2.75, 3.05) is 0 Å². The first-order valence-corrected chi connectivity index (χ1v) is 3.73. The Morgan fingerprint density at radius 3 is 2.25 bits per heavy atom. The highest BCUT2D eigenvalue weighted by atomic mass is 19.4. The summed E-state index contributed by atoms with van der Waals surface area (Å²) in [5.41, 5.74) is -4.76. The Hall–Kier alpha value is -1.78. The maximum absolute atomic E-state index is 13.1. The van der Waals surface area contributed by atoms with Crippen LogP contribution in [0.4, 0.5) is 26.3 Å². The Bertz CT molecular complexity index is 445. The normalized spacial score (nSPS) is 11.6. The zero-order chi connectivity index (χ0) is 12.5. The van der Waals surface area contributed by atoms with Crippen LogP contribution < -0.4 is 0 Å². The van der Waals surface area contributed by atoms with Crippen LogP contribution in [0.5, 0.6) is 0 Å². The van der Waals surface area contributed by atoms with Gasteiger partial charge in [-0.3, -0.25) is 4.98 Å². The molecular weight excluding hydrogens is 238 g/mol. The molecule has 2 nitrogen and oxygen atoms in total. The van der Waals surface area contributed by atoms with E-state index in [-0.39, 0.29) is 6.20 Å². The minimum absolute atomic E-state index is 0.271. The largest absolute Gasteiger partial charge is 0.420 e. The topological polar surface area (TPSA) is 36.7 Å². The van der Waals surface area contributed by atoms with E-state index in [0.717, 1.165) is 6.07 Å². The van der Waals surface area contributed by atoms with Crippen molar-refractivity contribution >= 4 is 0 Å². The van der Waals surface area contributed by atoms with Crippen LogP contribution in [0.2, 0.25) is 0 Å². The third-order valence-corrected chi connectivity index (χ3v) is 1.66. The molecule has 86 valence electrons. The molecule has 0 saturated heterocycles. The van der Waals surface area contributed by atoms with Crippen LogP contribution in [0.25, 0.3) is 0 Å². The van der Waals surface area contributed by atoms with Crippen molar-refractivity contribution in [1.29, 1.82) is 5.26 Å². The fourth-order valence-corrected chi connectivity index (χ4v) is 1.02. The second-order valence-electron chi connectivity index (χ2n) is 2.66. The fraction of sp³-hybridized carbons (Fsp3) is 0.250. The Morgan fingerprint density at radius 2 is 1.88 bits per heavy atom. The van der Waals surface area contributed by atoms with Gasteiger partial charge in [0.05, 0.1) is 5.56 Å². The number of rotatable bonds is 1. The average molecular weight is 240 g/mol. The van der Waals surface area contributed by atoms with Crippen LogP contribution in [0, 0.1) is 17.1 Å². The standard InChI is InChI=1S/C8H2F6N2/c9-5-4(8(12,13)14)3(1-15)2-16-6(5)7(10)11/h2,7H. The summed E-state index contributed by atoms with van der Waals surface area (Å²) in [6.07, 6.45) is -8.43. The molecule has 0 fully saturated rings. The van der Waals surface area contributed by atoms with E-state index in [9.17, 15) is 26.3 Å². The summed E-state index contributed by atoms with van der Waals surface area (Å²) in [4.78, 5) is 2.78. The Morgan fingerprint density at radius 1 is 1.31 bits per heavy atom. The summed E-state index contributed by atoms with van der Waals surface area (Å²) in [6.45, 7) is 0. The minimum Gasteiger partial charge on any atom is -0.251 e. The van der Waals surface area contributed by atoms with Crippen molar-refractivity contribution in [3.05, 3.63) is 28.8 Å². The van der Waals surface area contributed by atoms with E-state index in [2.05, 4.69) is 4.98 Å². The lowest BCUT2D eigenvalue weighted by Gasteiger charge is -2.11. The highest BCUT2D eigenvalue weighted by Crippen LogP contribution is 2.36. The molecule has 0 unspecified atom stereocenters. The zero-order valence-electron chi connectivity index (χ0n) is 7.32. The minimum atomic E-state index is -5.22. The van der Waals surface area contributed by atoms with Crippen molar-refractivity contribution in [2.45, 2.75) is 12.6 Å². The molecule has 8 heteroatoms. The van der Waals surface area contributed by atoms with E-state index in [1.807, 2.05) is 0 Å². The van der Waals surface area contributed by atoms with Gasteiger partial charge in [0.25, 0.3) is 6.43 Å². The highest BCUT2D eigenvalue weighted by Gasteiger charge is 2.39. The molecule has 0 aliphatic carbocycles. The van der Waals surface area contributed by atoms with Gasteiger partial charge in [-0.1, -0.05) is 0 Å². The van der Waals surface area contributed by atoms with Gasteiger partial charge in [-0.2, -0.15) is 18.4 Å². The summed E-state index contributed by atoms with van der Waals surface area (Å²) in [6, 6.07) is 1.04. The van der Waals surface area contributed by atoms with Gasteiger partial charge in [0.15, 0.2) is 5.82 Å². The van der Waals surface area contributed by atoms with Gasteiger partial charge >= 0.3 is 6.18 Å². The van der Waals surface area contributed by atoms with Crippen LogP contribution in [0.1, 0.15) is 23.2 Å². The van der Waals surface area contributed by atoms with Crippen molar-refractivity contribution in [1.82, 2.24) is 4.98 Å². The number of aromatic nitrogens is 1. The molecule has 0 amide bonds. The lowest BCUT2D eigenvalue weighted by molar-refractivity contribution is -0.140. The van der Waals surface area contributed by atoms with E-state index in [1.54, 1.807) is 0 Å². The number of nitriles is 1. The molecule has 0 radical (unpaired) electrons. The highest BCUT2D eigenvalue weighted by molar-refractivity contribution is 5.40. The SMILES string of the molecule is N#Cc1cnc(C(F)F)c(F)c1C(F)(F)F. The number of hydrogen-bond donors (Lipinski definition) is 0. The second-order valence-corrected chi connectivity index (χ2v) is 2.66. The summed E-state index contributed by atoms with van der Waals surface area (Å²) in [5, 5.41) is 8.29. The summed E-state index contributed by atoms with van der Waals surface area (Å²) >= 11 is 0. The molecule has 0 aromatic carbocycles. The monoisotopic (exact) mass is 240 g/mol. The first-order chi connectivity index (χ1) is 7.29. The lowest BCUT2D eigenvalue weighted by Crippen LogP contribution is -2.14. The molecule has 16 heavy (non-hydrogen) atoms. The average Bonchev–Trinajstić information content (AvgIpc) is 2.14. The molecule has 1 aromatic heterocycles. The molecule has 1 heterocycles. The summed E-state index contributed by atoms with van der Waals surface area (Å²) in [5.74, 6) is -2.21. The van der Waals surface area contributed by atoms with Crippen molar-refractivity contribution in [2.24, 2.45) is 0 Å². The Balaban J connectivity index is 3.55. The number of alkyl halides is 5.